The Kier molecular flexibility index (Phi) is 4.65. The molecule has 0 spiro atoms. The molecule has 2 nitrogen and oxygen atoms in total. The van der Waals surface area contributed by atoms with Crippen LogP contribution in [0.2, 0.25) is 20.1 Å². The van der Waals surface area contributed by atoms with Crippen molar-refractivity contribution in [1.82, 2.24) is 9.97 Å². The lowest BCUT2D eigenvalue weighted by Gasteiger charge is -2.01. The van der Waals surface area contributed by atoms with Gasteiger partial charge >= 0.3 is 0 Å². The molecule has 112 valence electrons. The normalized spacial score (nSPS) is 10.9. The van der Waals surface area contributed by atoms with Gasteiger partial charge in [-0.25, -0.2) is 4.98 Å². The van der Waals surface area contributed by atoms with E-state index in [-0.39, 0.29) is 0 Å². The average Bonchev–Trinajstić information content (AvgIpc) is 2.90. The number of H-pyrrole nitrogens is 1. The van der Waals surface area contributed by atoms with Crippen LogP contribution in [0.15, 0.2) is 42.6 Å². The molecule has 3 rings (SSSR count). The van der Waals surface area contributed by atoms with Crippen molar-refractivity contribution in [2.24, 2.45) is 0 Å². The highest BCUT2D eigenvalue weighted by Gasteiger charge is 2.08. The van der Waals surface area contributed by atoms with Crippen molar-refractivity contribution in [2.45, 2.75) is 6.42 Å². The monoisotopic (exact) mass is 370 g/mol. The topological polar surface area (TPSA) is 28.7 Å². The number of imidazole rings is 1. The van der Waals surface area contributed by atoms with Gasteiger partial charge in [0.25, 0.3) is 0 Å². The largest absolute Gasteiger partial charge is 0.348 e. The van der Waals surface area contributed by atoms with E-state index in [9.17, 15) is 0 Å². The standard InChI is InChI=1S/C16H10Cl4N2/c17-11-5-10(6-12(18)7-11)15-8-21-16(22-15)4-9-1-2-13(19)14(20)3-9/h1-3,5-8H,4H2,(H,21,22). The van der Waals surface area contributed by atoms with Gasteiger partial charge in [-0.2, -0.15) is 0 Å². The summed E-state index contributed by atoms with van der Waals surface area (Å²) in [6, 6.07) is 10.9. The van der Waals surface area contributed by atoms with E-state index >= 15 is 0 Å². The molecule has 0 saturated heterocycles. The molecule has 1 aromatic heterocycles. The molecule has 0 unspecified atom stereocenters. The predicted octanol–water partition coefficient (Wildman–Crippen LogP) is 6.28. The van der Waals surface area contributed by atoms with Gasteiger partial charge in [0.15, 0.2) is 0 Å². The number of hydrogen-bond donors (Lipinski definition) is 1. The molecule has 0 fully saturated rings. The maximum atomic E-state index is 6.02. The highest BCUT2D eigenvalue weighted by Crippen LogP contribution is 2.27. The van der Waals surface area contributed by atoms with E-state index in [1.165, 1.54) is 0 Å². The van der Waals surface area contributed by atoms with Crippen LogP contribution in [0.25, 0.3) is 11.3 Å². The van der Waals surface area contributed by atoms with Gasteiger partial charge in [0.2, 0.25) is 0 Å². The smallest absolute Gasteiger partial charge is 0.111 e. The molecule has 3 aromatic rings. The minimum Gasteiger partial charge on any atom is -0.348 e. The zero-order valence-corrected chi connectivity index (χ0v) is 14.2. The van der Waals surface area contributed by atoms with Gasteiger partial charge in [-0.3, -0.25) is 0 Å². The molecular weight excluding hydrogens is 362 g/mol. The molecule has 22 heavy (non-hydrogen) atoms. The van der Waals surface area contributed by atoms with Crippen LogP contribution in [0.1, 0.15) is 11.4 Å². The van der Waals surface area contributed by atoms with Crippen LogP contribution in [0.5, 0.6) is 0 Å². The van der Waals surface area contributed by atoms with Crippen LogP contribution in [-0.2, 0) is 6.42 Å². The summed E-state index contributed by atoms with van der Waals surface area (Å²) in [6.07, 6.45) is 2.46. The SMILES string of the molecule is Clc1cc(Cl)cc(-c2c[nH]c(Cc3ccc(Cl)c(Cl)c3)n2)c1. The summed E-state index contributed by atoms with van der Waals surface area (Å²) in [5.74, 6) is 0.824. The molecule has 0 saturated carbocycles. The van der Waals surface area contributed by atoms with Gasteiger partial charge in [0, 0.05) is 28.2 Å². The van der Waals surface area contributed by atoms with Crippen LogP contribution in [-0.4, -0.2) is 9.97 Å². The van der Waals surface area contributed by atoms with Crippen molar-refractivity contribution in [3.8, 4) is 11.3 Å². The maximum absolute atomic E-state index is 6.02. The van der Waals surface area contributed by atoms with Crippen LogP contribution >= 0.6 is 46.4 Å². The maximum Gasteiger partial charge on any atom is 0.111 e. The summed E-state index contributed by atoms with van der Waals surface area (Å²) in [4.78, 5) is 7.71. The number of nitrogens with one attached hydrogen (secondary N) is 1. The minimum atomic E-state index is 0.535. The fourth-order valence-corrected chi connectivity index (χ4v) is 2.99. The second-order valence-electron chi connectivity index (χ2n) is 4.82. The number of nitrogens with zero attached hydrogens (tertiary/aromatic N) is 1. The molecule has 0 atom stereocenters. The third kappa shape index (κ3) is 3.58. The Hall–Kier alpha value is -1.19. The molecule has 0 radical (unpaired) electrons. The summed E-state index contributed by atoms with van der Waals surface area (Å²) >= 11 is 24.0. The first-order valence-corrected chi connectivity index (χ1v) is 7.97. The molecule has 0 aliphatic rings. The Morgan fingerprint density at radius 3 is 2.27 bits per heavy atom. The van der Waals surface area contributed by atoms with Gasteiger partial charge in [-0.1, -0.05) is 52.5 Å². The number of aromatic nitrogens is 2. The van der Waals surface area contributed by atoms with E-state index in [0.29, 0.717) is 26.5 Å². The Balaban J connectivity index is 1.85. The highest BCUT2D eigenvalue weighted by atomic mass is 35.5. The van der Waals surface area contributed by atoms with E-state index in [1.54, 1.807) is 12.1 Å². The van der Waals surface area contributed by atoms with Gasteiger partial charge in [-0.15, -0.1) is 0 Å². The van der Waals surface area contributed by atoms with E-state index in [0.717, 1.165) is 22.6 Å². The number of hydrogen-bond acceptors (Lipinski definition) is 1. The number of halogens is 4. The second-order valence-corrected chi connectivity index (χ2v) is 6.50. The van der Waals surface area contributed by atoms with E-state index in [4.69, 9.17) is 46.4 Å². The zero-order valence-electron chi connectivity index (χ0n) is 11.2. The average molecular weight is 372 g/mol. The molecular formula is C16H10Cl4N2. The summed E-state index contributed by atoms with van der Waals surface area (Å²) in [6.45, 7) is 0. The lowest BCUT2D eigenvalue weighted by Crippen LogP contribution is -1.91. The van der Waals surface area contributed by atoms with E-state index < -0.39 is 0 Å². The van der Waals surface area contributed by atoms with Gasteiger partial charge in [-0.05, 0) is 35.9 Å². The first kappa shape index (κ1) is 15.7. The summed E-state index contributed by atoms with van der Waals surface area (Å²) < 4.78 is 0. The zero-order chi connectivity index (χ0) is 15.7. The Labute approximate surface area is 148 Å². The Bertz CT molecular complexity index is 807. The molecule has 1 heterocycles. The molecule has 6 heteroatoms. The van der Waals surface area contributed by atoms with Crippen molar-refractivity contribution in [3.63, 3.8) is 0 Å². The van der Waals surface area contributed by atoms with Crippen molar-refractivity contribution < 1.29 is 0 Å². The van der Waals surface area contributed by atoms with Crippen LogP contribution in [0, 0.1) is 0 Å². The Morgan fingerprint density at radius 1 is 0.864 bits per heavy atom. The van der Waals surface area contributed by atoms with Crippen LogP contribution < -0.4 is 0 Å². The summed E-state index contributed by atoms with van der Waals surface area (Å²) in [5.41, 5.74) is 2.69. The summed E-state index contributed by atoms with van der Waals surface area (Å²) in [5, 5.41) is 2.24. The quantitative estimate of drug-likeness (QED) is 0.576. The molecule has 1 N–H and O–H groups in total. The third-order valence-electron chi connectivity index (χ3n) is 3.14. The van der Waals surface area contributed by atoms with Crippen LogP contribution in [0.3, 0.4) is 0 Å². The molecule has 0 bridgehead atoms. The van der Waals surface area contributed by atoms with Gasteiger partial charge in [0.1, 0.15) is 5.82 Å². The fraction of sp³-hybridized carbons (Fsp3) is 0.0625. The first-order valence-electron chi connectivity index (χ1n) is 6.46. The van der Waals surface area contributed by atoms with Crippen molar-refractivity contribution in [2.75, 3.05) is 0 Å². The number of aromatic amines is 1. The van der Waals surface area contributed by atoms with E-state index in [2.05, 4.69) is 9.97 Å². The Morgan fingerprint density at radius 2 is 1.59 bits per heavy atom. The molecule has 0 amide bonds. The van der Waals surface area contributed by atoms with Crippen molar-refractivity contribution in [3.05, 3.63) is 74.1 Å². The molecule has 0 aliphatic carbocycles. The van der Waals surface area contributed by atoms with Gasteiger partial charge in [0.05, 0.1) is 15.7 Å². The van der Waals surface area contributed by atoms with E-state index in [1.807, 2.05) is 30.5 Å². The highest BCUT2D eigenvalue weighted by molar-refractivity contribution is 6.42. The van der Waals surface area contributed by atoms with Crippen molar-refractivity contribution in [1.29, 1.82) is 0 Å². The fourth-order valence-electron chi connectivity index (χ4n) is 2.14. The first-order chi connectivity index (χ1) is 10.5. The summed E-state index contributed by atoms with van der Waals surface area (Å²) in [7, 11) is 0. The minimum absolute atomic E-state index is 0.535. The molecule has 2 aromatic carbocycles. The lowest BCUT2D eigenvalue weighted by atomic mass is 10.1. The predicted molar refractivity (Wildman–Crippen MR) is 93.3 cm³/mol. The second kappa shape index (κ2) is 6.51. The number of benzene rings is 2. The van der Waals surface area contributed by atoms with Crippen molar-refractivity contribution >= 4 is 46.4 Å². The van der Waals surface area contributed by atoms with Crippen LogP contribution in [0.4, 0.5) is 0 Å². The lowest BCUT2D eigenvalue weighted by molar-refractivity contribution is 1.03. The van der Waals surface area contributed by atoms with Gasteiger partial charge < -0.3 is 4.98 Å². The molecule has 0 aliphatic heterocycles. The number of rotatable bonds is 3. The third-order valence-corrected chi connectivity index (χ3v) is 4.32.